The summed E-state index contributed by atoms with van der Waals surface area (Å²) in [5.41, 5.74) is 7.24. The Morgan fingerprint density at radius 2 is 2.22 bits per heavy atom. The molecule has 4 nitrogen and oxygen atoms in total. The van der Waals surface area contributed by atoms with E-state index in [0.717, 1.165) is 31.4 Å². The number of carbonyl (C=O) groups is 1. The summed E-state index contributed by atoms with van der Waals surface area (Å²) in [4.78, 5) is 12.3. The summed E-state index contributed by atoms with van der Waals surface area (Å²) in [5, 5.41) is 4.12. The number of ketones is 1. The molecule has 1 aromatic heterocycles. The first-order valence-corrected chi connectivity index (χ1v) is 6.93. The molecule has 0 spiro atoms. The fourth-order valence-corrected chi connectivity index (χ4v) is 2.82. The van der Waals surface area contributed by atoms with Gasteiger partial charge in [-0.3, -0.25) is 9.48 Å². The highest BCUT2D eigenvalue weighted by atomic mass is 16.1. The molecule has 2 rings (SSSR count). The third kappa shape index (κ3) is 3.19. The SMILES string of the molecule is Cn1nccc1CCC(=O)C1CCCCCC1N. The van der Waals surface area contributed by atoms with Crippen molar-refractivity contribution in [3.05, 3.63) is 18.0 Å². The van der Waals surface area contributed by atoms with Crippen LogP contribution in [0, 0.1) is 5.92 Å². The normalized spacial score (nSPS) is 24.8. The molecular formula is C14H23N3O. The van der Waals surface area contributed by atoms with Crippen LogP contribution in [0.2, 0.25) is 0 Å². The Balaban J connectivity index is 1.88. The van der Waals surface area contributed by atoms with Crippen LogP contribution in [-0.2, 0) is 18.3 Å². The summed E-state index contributed by atoms with van der Waals surface area (Å²) < 4.78 is 1.83. The van der Waals surface area contributed by atoms with Crippen molar-refractivity contribution in [3.8, 4) is 0 Å². The van der Waals surface area contributed by atoms with E-state index in [9.17, 15) is 4.79 Å². The first kappa shape index (κ1) is 13.3. The van der Waals surface area contributed by atoms with E-state index in [2.05, 4.69) is 5.10 Å². The number of nitrogens with zero attached hydrogens (tertiary/aromatic N) is 2. The number of rotatable bonds is 4. The van der Waals surface area contributed by atoms with E-state index in [1.54, 1.807) is 6.20 Å². The first-order valence-electron chi connectivity index (χ1n) is 6.93. The molecule has 1 aliphatic carbocycles. The standard InChI is InChI=1S/C14H23N3O/c1-17-11(9-10-16-17)7-8-14(18)12-5-3-2-4-6-13(12)15/h9-10,12-13H,2-8,15H2,1H3. The van der Waals surface area contributed by atoms with Crippen LogP contribution in [0.1, 0.15) is 44.2 Å². The van der Waals surface area contributed by atoms with E-state index in [-0.39, 0.29) is 12.0 Å². The molecule has 1 fully saturated rings. The molecule has 1 heterocycles. The fraction of sp³-hybridized carbons (Fsp3) is 0.714. The van der Waals surface area contributed by atoms with Gasteiger partial charge in [-0.05, 0) is 25.3 Å². The molecule has 0 amide bonds. The highest BCUT2D eigenvalue weighted by molar-refractivity contribution is 5.81. The molecular weight excluding hydrogens is 226 g/mol. The number of carbonyl (C=O) groups excluding carboxylic acids is 1. The van der Waals surface area contributed by atoms with Gasteiger partial charge in [-0.2, -0.15) is 5.10 Å². The minimum Gasteiger partial charge on any atom is -0.327 e. The van der Waals surface area contributed by atoms with Crippen molar-refractivity contribution in [2.45, 2.75) is 51.0 Å². The Kier molecular flexibility index (Phi) is 4.53. The van der Waals surface area contributed by atoms with Gasteiger partial charge >= 0.3 is 0 Å². The monoisotopic (exact) mass is 249 g/mol. The predicted octanol–water partition coefficient (Wildman–Crippen LogP) is 1.83. The summed E-state index contributed by atoms with van der Waals surface area (Å²) >= 11 is 0. The molecule has 2 atom stereocenters. The van der Waals surface area contributed by atoms with Gasteiger partial charge in [0.15, 0.2) is 0 Å². The molecule has 0 radical (unpaired) electrons. The van der Waals surface area contributed by atoms with Crippen molar-refractivity contribution in [2.24, 2.45) is 18.7 Å². The molecule has 0 bridgehead atoms. The summed E-state index contributed by atoms with van der Waals surface area (Å²) in [5.74, 6) is 0.423. The molecule has 0 saturated heterocycles. The largest absolute Gasteiger partial charge is 0.327 e. The maximum atomic E-state index is 12.3. The molecule has 1 aliphatic rings. The van der Waals surface area contributed by atoms with E-state index >= 15 is 0 Å². The third-order valence-electron chi connectivity index (χ3n) is 4.03. The van der Waals surface area contributed by atoms with E-state index in [1.165, 1.54) is 12.8 Å². The van der Waals surface area contributed by atoms with Gasteiger partial charge in [0.25, 0.3) is 0 Å². The number of aryl methyl sites for hydroxylation is 2. The number of Topliss-reactive ketones (excluding diaryl/α,β-unsaturated/α-hetero) is 1. The van der Waals surface area contributed by atoms with Crippen LogP contribution in [0.25, 0.3) is 0 Å². The summed E-state index contributed by atoms with van der Waals surface area (Å²) in [7, 11) is 1.91. The third-order valence-corrected chi connectivity index (χ3v) is 4.03. The lowest BCUT2D eigenvalue weighted by molar-refractivity contribution is -0.123. The van der Waals surface area contributed by atoms with Gasteiger partial charge in [0, 0.05) is 37.3 Å². The van der Waals surface area contributed by atoms with Crippen molar-refractivity contribution >= 4 is 5.78 Å². The lowest BCUT2D eigenvalue weighted by Gasteiger charge is -2.19. The summed E-state index contributed by atoms with van der Waals surface area (Å²) in [6.45, 7) is 0. The Bertz CT molecular complexity index is 399. The molecule has 100 valence electrons. The van der Waals surface area contributed by atoms with Gasteiger partial charge in [0.2, 0.25) is 0 Å². The molecule has 0 aromatic carbocycles. The molecule has 2 unspecified atom stereocenters. The second kappa shape index (κ2) is 6.14. The highest BCUT2D eigenvalue weighted by Gasteiger charge is 2.26. The van der Waals surface area contributed by atoms with Gasteiger partial charge in [-0.1, -0.05) is 19.3 Å². The zero-order chi connectivity index (χ0) is 13.0. The molecule has 1 aromatic rings. The first-order chi connectivity index (χ1) is 8.68. The van der Waals surface area contributed by atoms with Crippen molar-refractivity contribution in [1.29, 1.82) is 0 Å². The lowest BCUT2D eigenvalue weighted by Crippen LogP contribution is -2.34. The van der Waals surface area contributed by atoms with Crippen molar-refractivity contribution in [3.63, 3.8) is 0 Å². The lowest BCUT2D eigenvalue weighted by atomic mass is 9.89. The second-order valence-corrected chi connectivity index (χ2v) is 5.32. The molecule has 18 heavy (non-hydrogen) atoms. The Morgan fingerprint density at radius 1 is 1.44 bits per heavy atom. The molecule has 1 saturated carbocycles. The number of nitrogens with two attached hydrogens (primary N) is 1. The fourth-order valence-electron chi connectivity index (χ4n) is 2.82. The zero-order valence-corrected chi connectivity index (χ0v) is 11.1. The topological polar surface area (TPSA) is 60.9 Å². The zero-order valence-electron chi connectivity index (χ0n) is 11.1. The van der Waals surface area contributed by atoms with Crippen molar-refractivity contribution in [1.82, 2.24) is 9.78 Å². The Morgan fingerprint density at radius 3 is 2.94 bits per heavy atom. The number of hydrogen-bond acceptors (Lipinski definition) is 3. The van der Waals surface area contributed by atoms with Crippen molar-refractivity contribution in [2.75, 3.05) is 0 Å². The summed E-state index contributed by atoms with van der Waals surface area (Å²) in [6, 6.07) is 2.05. The highest BCUT2D eigenvalue weighted by Crippen LogP contribution is 2.24. The number of hydrogen-bond donors (Lipinski definition) is 1. The minimum atomic E-state index is 0.0755. The van der Waals surface area contributed by atoms with Crippen LogP contribution in [0.15, 0.2) is 12.3 Å². The van der Waals surface area contributed by atoms with Gasteiger partial charge < -0.3 is 5.73 Å². The average molecular weight is 249 g/mol. The van der Waals surface area contributed by atoms with E-state index in [4.69, 9.17) is 5.73 Å². The number of aromatic nitrogens is 2. The average Bonchev–Trinajstić information content (AvgIpc) is 2.63. The maximum Gasteiger partial charge on any atom is 0.137 e. The minimum absolute atomic E-state index is 0.0755. The second-order valence-electron chi connectivity index (χ2n) is 5.32. The van der Waals surface area contributed by atoms with Crippen molar-refractivity contribution < 1.29 is 4.79 Å². The maximum absolute atomic E-state index is 12.3. The van der Waals surface area contributed by atoms with Crippen LogP contribution in [0.5, 0.6) is 0 Å². The van der Waals surface area contributed by atoms with Crippen LogP contribution in [-0.4, -0.2) is 21.6 Å². The molecule has 4 heteroatoms. The van der Waals surface area contributed by atoms with E-state index in [1.807, 2.05) is 17.8 Å². The van der Waals surface area contributed by atoms with Crippen LogP contribution in [0.3, 0.4) is 0 Å². The van der Waals surface area contributed by atoms with Crippen LogP contribution >= 0.6 is 0 Å². The van der Waals surface area contributed by atoms with E-state index < -0.39 is 0 Å². The van der Waals surface area contributed by atoms with Crippen LogP contribution in [0.4, 0.5) is 0 Å². The Labute approximate surface area is 109 Å². The summed E-state index contributed by atoms with van der Waals surface area (Å²) in [6.07, 6.45) is 8.67. The Hall–Kier alpha value is -1.16. The van der Waals surface area contributed by atoms with Gasteiger partial charge in [-0.15, -0.1) is 0 Å². The molecule has 0 aliphatic heterocycles. The predicted molar refractivity (Wildman–Crippen MR) is 71.1 cm³/mol. The van der Waals surface area contributed by atoms with Gasteiger partial charge in [-0.25, -0.2) is 0 Å². The van der Waals surface area contributed by atoms with Gasteiger partial charge in [0.1, 0.15) is 5.78 Å². The van der Waals surface area contributed by atoms with Gasteiger partial charge in [0.05, 0.1) is 0 Å². The molecule has 2 N–H and O–H groups in total. The quantitative estimate of drug-likeness (QED) is 0.828. The van der Waals surface area contributed by atoms with E-state index in [0.29, 0.717) is 12.2 Å². The smallest absolute Gasteiger partial charge is 0.137 e. The van der Waals surface area contributed by atoms with Crippen LogP contribution < -0.4 is 5.73 Å².